The molecule has 5 aromatic rings. The number of aromatic nitrogens is 3. The fourth-order valence-electron chi connectivity index (χ4n) is 3.67. The third-order valence-corrected chi connectivity index (χ3v) is 5.62. The van der Waals surface area contributed by atoms with Crippen molar-refractivity contribution in [3.8, 4) is 22.8 Å². The monoisotopic (exact) mass is 556 g/mol. The van der Waals surface area contributed by atoms with Crippen LogP contribution in [0.4, 0.5) is 29.2 Å². The van der Waals surface area contributed by atoms with Gasteiger partial charge in [-0.25, -0.2) is 5.43 Å². The molecule has 0 aliphatic heterocycles. The largest absolute Gasteiger partial charge is 0.497 e. The Balaban J connectivity index is 1.33. The number of hydrogen-bond acceptors (Lipinski definition) is 13. The number of anilines is 4. The van der Waals surface area contributed by atoms with Gasteiger partial charge in [0.2, 0.25) is 17.8 Å². The predicted molar refractivity (Wildman–Crippen MR) is 151 cm³/mol. The van der Waals surface area contributed by atoms with Gasteiger partial charge in [0.05, 0.1) is 43.7 Å². The molecule has 0 saturated heterocycles. The van der Waals surface area contributed by atoms with Crippen molar-refractivity contribution >= 4 is 35.4 Å². The summed E-state index contributed by atoms with van der Waals surface area (Å²) >= 11 is 0. The number of furan rings is 2. The quantitative estimate of drug-likeness (QED) is 0.101. The number of nitrogens with zero attached hydrogens (tertiary/aromatic N) is 5. The Bertz CT molecular complexity index is 1650. The molecule has 3 N–H and O–H groups in total. The molecule has 41 heavy (non-hydrogen) atoms. The summed E-state index contributed by atoms with van der Waals surface area (Å²) in [7, 11) is 3.07. The van der Waals surface area contributed by atoms with Gasteiger partial charge in [0, 0.05) is 17.8 Å². The van der Waals surface area contributed by atoms with Gasteiger partial charge in [-0.15, -0.1) is 0 Å². The van der Waals surface area contributed by atoms with E-state index in [9.17, 15) is 10.1 Å². The highest BCUT2D eigenvalue weighted by Crippen LogP contribution is 2.34. The van der Waals surface area contributed by atoms with Crippen LogP contribution in [0.25, 0.3) is 11.3 Å². The summed E-state index contributed by atoms with van der Waals surface area (Å²) in [6.45, 7) is 0.359. The van der Waals surface area contributed by atoms with E-state index in [1.165, 1.54) is 31.5 Å². The summed E-state index contributed by atoms with van der Waals surface area (Å²) in [5.74, 6) is 3.31. The molecule has 3 aromatic heterocycles. The number of nitro benzene ring substituents is 1. The second kappa shape index (κ2) is 12.3. The lowest BCUT2D eigenvalue weighted by Gasteiger charge is -2.10. The standard InChI is InChI=1S/C27H24N8O6/c1-38-19-8-5-17(6-9-19)30-26-31-25(28-15-20-4-3-13-40-20)32-27(33-26)34-29-16-21-10-12-24(41-21)22-14-18(35(36)37)7-11-23(22)39-2/h3-14,16H,15H2,1-2H3,(H3,28,30,31,32,33,34). The lowest BCUT2D eigenvalue weighted by atomic mass is 10.1. The first-order valence-electron chi connectivity index (χ1n) is 12.2. The van der Waals surface area contributed by atoms with Gasteiger partial charge in [0.15, 0.2) is 0 Å². The number of nitrogens with one attached hydrogen (secondary N) is 3. The molecule has 0 aliphatic carbocycles. The molecule has 0 atom stereocenters. The number of rotatable bonds is 12. The lowest BCUT2D eigenvalue weighted by molar-refractivity contribution is -0.384. The zero-order valence-corrected chi connectivity index (χ0v) is 21.9. The number of methoxy groups -OCH3 is 2. The first kappa shape index (κ1) is 26.7. The SMILES string of the molecule is COc1ccc(Nc2nc(NCc3ccco3)nc(NN=Cc3ccc(-c4cc([N+](=O)[O-])ccc4OC)o3)n2)cc1. The van der Waals surface area contributed by atoms with Crippen molar-refractivity contribution in [3.63, 3.8) is 0 Å². The molecule has 0 radical (unpaired) electrons. The van der Waals surface area contributed by atoms with Crippen LogP contribution in [0.15, 0.2) is 86.9 Å². The van der Waals surface area contributed by atoms with E-state index in [0.29, 0.717) is 40.9 Å². The summed E-state index contributed by atoms with van der Waals surface area (Å²) in [5.41, 5.74) is 3.87. The minimum Gasteiger partial charge on any atom is -0.497 e. The Morgan fingerprint density at radius 3 is 2.51 bits per heavy atom. The molecular weight excluding hydrogens is 532 g/mol. The van der Waals surface area contributed by atoms with E-state index >= 15 is 0 Å². The van der Waals surface area contributed by atoms with Gasteiger partial charge in [0.25, 0.3) is 5.69 Å². The van der Waals surface area contributed by atoms with Crippen molar-refractivity contribution in [1.29, 1.82) is 0 Å². The second-order valence-electron chi connectivity index (χ2n) is 8.31. The maximum Gasteiger partial charge on any atom is 0.270 e. The summed E-state index contributed by atoms with van der Waals surface area (Å²) < 4.78 is 21.7. The summed E-state index contributed by atoms with van der Waals surface area (Å²) in [6, 6.07) is 18.5. The molecule has 0 amide bonds. The van der Waals surface area contributed by atoms with E-state index in [0.717, 1.165) is 5.69 Å². The highest BCUT2D eigenvalue weighted by molar-refractivity contribution is 5.79. The molecule has 0 unspecified atom stereocenters. The molecule has 208 valence electrons. The summed E-state index contributed by atoms with van der Waals surface area (Å²) in [4.78, 5) is 23.9. The summed E-state index contributed by atoms with van der Waals surface area (Å²) in [6.07, 6.45) is 3.00. The maximum absolute atomic E-state index is 11.2. The first-order valence-corrected chi connectivity index (χ1v) is 12.2. The van der Waals surface area contributed by atoms with Crippen LogP contribution >= 0.6 is 0 Å². The minimum atomic E-state index is -0.484. The Kier molecular flexibility index (Phi) is 8.00. The molecule has 5 rings (SSSR count). The van der Waals surface area contributed by atoms with Crippen molar-refractivity contribution in [2.45, 2.75) is 6.54 Å². The van der Waals surface area contributed by atoms with Crippen molar-refractivity contribution in [2.75, 3.05) is 30.3 Å². The van der Waals surface area contributed by atoms with Crippen molar-refractivity contribution in [1.82, 2.24) is 15.0 Å². The number of hydrogen-bond donors (Lipinski definition) is 3. The third kappa shape index (κ3) is 6.75. The van der Waals surface area contributed by atoms with Gasteiger partial charge < -0.3 is 28.9 Å². The van der Waals surface area contributed by atoms with E-state index in [-0.39, 0.29) is 23.5 Å². The van der Waals surface area contributed by atoms with Gasteiger partial charge in [-0.3, -0.25) is 10.1 Å². The van der Waals surface area contributed by atoms with Gasteiger partial charge in [-0.1, -0.05) is 0 Å². The number of benzene rings is 2. The molecule has 14 nitrogen and oxygen atoms in total. The molecular formula is C27H24N8O6. The van der Waals surface area contributed by atoms with Crippen LogP contribution in [-0.2, 0) is 6.54 Å². The Morgan fingerprint density at radius 2 is 1.78 bits per heavy atom. The highest BCUT2D eigenvalue weighted by atomic mass is 16.6. The van der Waals surface area contributed by atoms with Crippen LogP contribution in [-0.4, -0.2) is 40.3 Å². The van der Waals surface area contributed by atoms with Crippen LogP contribution in [0, 0.1) is 10.1 Å². The number of nitro groups is 1. The van der Waals surface area contributed by atoms with Crippen LogP contribution in [0.3, 0.4) is 0 Å². The Hall–Kier alpha value is -5.92. The zero-order valence-electron chi connectivity index (χ0n) is 21.9. The van der Waals surface area contributed by atoms with E-state index in [2.05, 4.69) is 36.1 Å². The van der Waals surface area contributed by atoms with Crippen molar-refractivity contribution < 1.29 is 23.2 Å². The molecule has 0 spiro atoms. The smallest absolute Gasteiger partial charge is 0.270 e. The number of non-ortho nitro benzene ring substituents is 1. The zero-order chi connectivity index (χ0) is 28.6. The van der Waals surface area contributed by atoms with E-state index in [1.807, 2.05) is 30.3 Å². The molecule has 0 saturated carbocycles. The molecule has 2 aromatic carbocycles. The van der Waals surface area contributed by atoms with Crippen LogP contribution < -0.4 is 25.5 Å². The molecule has 3 heterocycles. The van der Waals surface area contributed by atoms with E-state index in [1.54, 1.807) is 31.6 Å². The first-order chi connectivity index (χ1) is 20.0. The van der Waals surface area contributed by atoms with Crippen LogP contribution in [0.2, 0.25) is 0 Å². The minimum absolute atomic E-state index is 0.0839. The number of ether oxygens (including phenoxy) is 2. The van der Waals surface area contributed by atoms with Crippen LogP contribution in [0.5, 0.6) is 11.5 Å². The predicted octanol–water partition coefficient (Wildman–Crippen LogP) is 5.45. The third-order valence-electron chi connectivity index (χ3n) is 5.62. The fraction of sp³-hybridized carbons (Fsp3) is 0.111. The number of hydrazone groups is 1. The van der Waals surface area contributed by atoms with Gasteiger partial charge in [0.1, 0.15) is 28.8 Å². The Morgan fingerprint density at radius 1 is 0.976 bits per heavy atom. The van der Waals surface area contributed by atoms with Gasteiger partial charge in [-0.05, 0) is 54.6 Å². The van der Waals surface area contributed by atoms with Gasteiger partial charge >= 0.3 is 0 Å². The average molecular weight is 557 g/mol. The fourth-order valence-corrected chi connectivity index (χ4v) is 3.67. The van der Waals surface area contributed by atoms with Crippen LogP contribution in [0.1, 0.15) is 11.5 Å². The molecule has 0 fully saturated rings. The topological polar surface area (TPSA) is 175 Å². The van der Waals surface area contributed by atoms with E-state index < -0.39 is 4.92 Å². The average Bonchev–Trinajstić information content (AvgIpc) is 3.69. The molecule has 0 bridgehead atoms. The maximum atomic E-state index is 11.2. The second-order valence-corrected chi connectivity index (χ2v) is 8.31. The van der Waals surface area contributed by atoms with E-state index in [4.69, 9.17) is 18.3 Å². The highest BCUT2D eigenvalue weighted by Gasteiger charge is 2.16. The molecule has 14 heteroatoms. The normalized spacial score (nSPS) is 10.9. The molecule has 0 aliphatic rings. The Labute approximate surface area is 233 Å². The lowest BCUT2D eigenvalue weighted by Crippen LogP contribution is -2.09. The van der Waals surface area contributed by atoms with Crippen molar-refractivity contribution in [3.05, 3.63) is 94.6 Å². The van der Waals surface area contributed by atoms with Crippen molar-refractivity contribution in [2.24, 2.45) is 5.10 Å². The van der Waals surface area contributed by atoms with Gasteiger partial charge in [-0.2, -0.15) is 20.1 Å². The summed E-state index contributed by atoms with van der Waals surface area (Å²) in [5, 5.41) is 21.6.